The Bertz CT molecular complexity index is 966. The molecule has 0 spiro atoms. The lowest BCUT2D eigenvalue weighted by atomic mass is 9.96. The van der Waals surface area contributed by atoms with Gasteiger partial charge >= 0.3 is 6.09 Å². The van der Waals surface area contributed by atoms with E-state index in [2.05, 4.69) is 5.32 Å². The third kappa shape index (κ3) is 5.98. The van der Waals surface area contributed by atoms with Crippen LogP contribution in [-0.4, -0.2) is 29.4 Å². The molecule has 4 N–H and O–H groups in total. The normalized spacial score (nSPS) is 12.5. The van der Waals surface area contributed by atoms with E-state index in [9.17, 15) is 14.7 Å². The maximum absolute atomic E-state index is 12.4. The van der Waals surface area contributed by atoms with Crippen LogP contribution in [0.4, 0.5) is 10.5 Å². The SMILES string of the molecule is COc1ccc([C@H](OC(=O)Nc2ccc(C#N)cc2)[C@@H](C)/C=C/C(=O)NO)cc1O. The highest BCUT2D eigenvalue weighted by Gasteiger charge is 2.24. The van der Waals surface area contributed by atoms with Gasteiger partial charge in [-0.05, 0) is 42.0 Å². The number of nitrogens with one attached hydrogen (secondary N) is 2. The van der Waals surface area contributed by atoms with Gasteiger partial charge in [0.1, 0.15) is 6.10 Å². The smallest absolute Gasteiger partial charge is 0.412 e. The Labute approximate surface area is 173 Å². The van der Waals surface area contributed by atoms with Crippen LogP contribution in [0, 0.1) is 17.2 Å². The summed E-state index contributed by atoms with van der Waals surface area (Å²) in [6.07, 6.45) is 0.907. The van der Waals surface area contributed by atoms with Crippen LogP contribution in [0.2, 0.25) is 0 Å². The molecule has 2 aromatic carbocycles. The molecule has 0 heterocycles. The number of nitriles is 1. The number of methoxy groups -OCH3 is 1. The van der Waals surface area contributed by atoms with E-state index in [1.165, 1.54) is 30.8 Å². The number of ether oxygens (including phenoxy) is 2. The number of carbonyl (C=O) groups is 2. The average molecular weight is 411 g/mol. The first-order chi connectivity index (χ1) is 14.4. The number of aromatic hydroxyl groups is 1. The molecule has 0 fully saturated rings. The maximum Gasteiger partial charge on any atom is 0.412 e. The van der Waals surface area contributed by atoms with E-state index >= 15 is 0 Å². The number of hydrogen-bond donors (Lipinski definition) is 4. The number of anilines is 1. The Hall–Kier alpha value is -4.03. The minimum absolute atomic E-state index is 0.139. The first-order valence-corrected chi connectivity index (χ1v) is 8.85. The van der Waals surface area contributed by atoms with Crippen molar-refractivity contribution < 1.29 is 29.4 Å². The van der Waals surface area contributed by atoms with E-state index in [-0.39, 0.29) is 11.5 Å². The van der Waals surface area contributed by atoms with Crippen LogP contribution in [0.1, 0.15) is 24.2 Å². The molecule has 9 nitrogen and oxygen atoms in total. The van der Waals surface area contributed by atoms with Crippen LogP contribution >= 0.6 is 0 Å². The lowest BCUT2D eigenvalue weighted by Crippen LogP contribution is -2.22. The molecule has 0 aliphatic heterocycles. The number of hydroxylamine groups is 1. The van der Waals surface area contributed by atoms with E-state index in [1.807, 2.05) is 6.07 Å². The zero-order valence-electron chi connectivity index (χ0n) is 16.3. The minimum Gasteiger partial charge on any atom is -0.504 e. The van der Waals surface area contributed by atoms with Gasteiger partial charge < -0.3 is 14.6 Å². The summed E-state index contributed by atoms with van der Waals surface area (Å²) in [7, 11) is 1.41. The standard InChI is InChI=1S/C21H21N3O6/c1-13(3-10-19(26)24-28)20(15-6-9-18(29-2)17(25)11-15)30-21(27)23-16-7-4-14(12-22)5-8-16/h3-11,13,20,25,28H,1-2H3,(H,23,27)(H,24,26)/b10-3+/t13-,20+/m0/s1. The molecule has 30 heavy (non-hydrogen) atoms. The summed E-state index contributed by atoms with van der Waals surface area (Å²) in [4.78, 5) is 23.7. The van der Waals surface area contributed by atoms with Crippen molar-refractivity contribution in [3.63, 3.8) is 0 Å². The zero-order chi connectivity index (χ0) is 22.1. The molecule has 0 aliphatic carbocycles. The Morgan fingerprint density at radius 1 is 1.20 bits per heavy atom. The number of nitrogens with zero attached hydrogens (tertiary/aromatic N) is 1. The van der Waals surface area contributed by atoms with Gasteiger partial charge in [0.25, 0.3) is 5.91 Å². The molecule has 2 rings (SSSR count). The summed E-state index contributed by atoms with van der Waals surface area (Å²) < 4.78 is 10.6. The van der Waals surface area contributed by atoms with E-state index in [0.29, 0.717) is 16.8 Å². The van der Waals surface area contributed by atoms with Crippen LogP contribution in [0.25, 0.3) is 0 Å². The third-order valence-electron chi connectivity index (χ3n) is 4.16. The molecule has 9 heteroatoms. The molecule has 0 radical (unpaired) electrons. The summed E-state index contributed by atoms with van der Waals surface area (Å²) >= 11 is 0. The largest absolute Gasteiger partial charge is 0.504 e. The lowest BCUT2D eigenvalue weighted by Gasteiger charge is -2.23. The molecule has 0 saturated carbocycles. The highest BCUT2D eigenvalue weighted by Crippen LogP contribution is 2.34. The molecule has 0 aromatic heterocycles. The maximum atomic E-state index is 12.4. The second-order valence-corrected chi connectivity index (χ2v) is 6.27. The van der Waals surface area contributed by atoms with Gasteiger partial charge in [-0.15, -0.1) is 0 Å². The fraction of sp³-hybridized carbons (Fsp3) is 0.190. The molecule has 2 aromatic rings. The predicted octanol–water partition coefficient (Wildman–Crippen LogP) is 3.26. The van der Waals surface area contributed by atoms with E-state index < -0.39 is 24.0 Å². The van der Waals surface area contributed by atoms with Crippen molar-refractivity contribution >= 4 is 17.7 Å². The highest BCUT2D eigenvalue weighted by molar-refractivity contribution is 5.86. The van der Waals surface area contributed by atoms with Gasteiger partial charge in [0.05, 0.1) is 18.7 Å². The summed E-state index contributed by atoms with van der Waals surface area (Å²) in [5.41, 5.74) is 2.82. The molecule has 0 bridgehead atoms. The number of phenols is 1. The number of carbonyl (C=O) groups excluding carboxylic acids is 2. The summed E-state index contributed by atoms with van der Waals surface area (Å²) in [6, 6.07) is 12.7. The van der Waals surface area contributed by atoms with Gasteiger partial charge in [-0.2, -0.15) is 5.26 Å². The molecular weight excluding hydrogens is 390 g/mol. The van der Waals surface area contributed by atoms with Gasteiger partial charge in [-0.1, -0.05) is 19.1 Å². The van der Waals surface area contributed by atoms with E-state index in [1.54, 1.807) is 37.3 Å². The van der Waals surface area contributed by atoms with Crippen molar-refractivity contribution in [1.82, 2.24) is 5.48 Å². The van der Waals surface area contributed by atoms with E-state index in [4.69, 9.17) is 19.9 Å². The average Bonchev–Trinajstić information content (AvgIpc) is 2.76. The molecule has 0 saturated heterocycles. The number of phenolic OH excluding ortho intramolecular Hbond substituents is 1. The quantitative estimate of drug-likeness (QED) is 0.311. The lowest BCUT2D eigenvalue weighted by molar-refractivity contribution is -0.124. The first-order valence-electron chi connectivity index (χ1n) is 8.85. The summed E-state index contributed by atoms with van der Waals surface area (Å²) in [6.45, 7) is 1.70. The van der Waals surface area contributed by atoms with Crippen LogP contribution in [0.3, 0.4) is 0 Å². The Morgan fingerprint density at radius 3 is 2.47 bits per heavy atom. The van der Waals surface area contributed by atoms with E-state index in [0.717, 1.165) is 6.08 Å². The van der Waals surface area contributed by atoms with Gasteiger partial charge in [0, 0.05) is 17.7 Å². The molecular formula is C21H21N3O6. The molecule has 156 valence electrons. The first kappa shape index (κ1) is 22.3. The number of hydrogen-bond acceptors (Lipinski definition) is 7. The molecule has 2 amide bonds. The number of rotatable bonds is 7. The Morgan fingerprint density at radius 2 is 1.90 bits per heavy atom. The third-order valence-corrected chi connectivity index (χ3v) is 4.16. The highest BCUT2D eigenvalue weighted by atomic mass is 16.6. The number of benzene rings is 2. The van der Waals surface area contributed by atoms with Crippen LogP contribution < -0.4 is 15.5 Å². The zero-order valence-corrected chi connectivity index (χ0v) is 16.3. The van der Waals surface area contributed by atoms with Crippen molar-refractivity contribution in [1.29, 1.82) is 5.26 Å². The Balaban J connectivity index is 2.24. The molecule has 0 unspecified atom stereocenters. The number of amides is 2. The van der Waals surface area contributed by atoms with Crippen molar-refractivity contribution in [2.45, 2.75) is 13.0 Å². The Kier molecular flexibility index (Phi) is 7.79. The molecule has 2 atom stereocenters. The topological polar surface area (TPSA) is 141 Å². The van der Waals surface area contributed by atoms with Gasteiger partial charge in [0.2, 0.25) is 0 Å². The van der Waals surface area contributed by atoms with Gasteiger partial charge in [-0.3, -0.25) is 15.3 Å². The monoisotopic (exact) mass is 411 g/mol. The summed E-state index contributed by atoms with van der Waals surface area (Å²) in [5, 5.41) is 30.1. The van der Waals surface area contributed by atoms with Crippen LogP contribution in [0.5, 0.6) is 11.5 Å². The van der Waals surface area contributed by atoms with Crippen molar-refractivity contribution in [3.8, 4) is 17.6 Å². The summed E-state index contributed by atoms with van der Waals surface area (Å²) in [5.74, 6) is -1.12. The van der Waals surface area contributed by atoms with Crippen molar-refractivity contribution in [3.05, 3.63) is 65.7 Å². The molecule has 0 aliphatic rings. The van der Waals surface area contributed by atoms with Gasteiger partial charge in [0.15, 0.2) is 11.5 Å². The minimum atomic E-state index is -0.872. The second-order valence-electron chi connectivity index (χ2n) is 6.27. The van der Waals surface area contributed by atoms with Crippen LogP contribution in [0.15, 0.2) is 54.6 Å². The predicted molar refractivity (Wildman–Crippen MR) is 107 cm³/mol. The second kappa shape index (κ2) is 10.5. The van der Waals surface area contributed by atoms with Crippen molar-refractivity contribution in [2.24, 2.45) is 5.92 Å². The van der Waals surface area contributed by atoms with Crippen LogP contribution in [-0.2, 0) is 9.53 Å². The van der Waals surface area contributed by atoms with Crippen molar-refractivity contribution in [2.75, 3.05) is 12.4 Å². The fourth-order valence-corrected chi connectivity index (χ4v) is 2.63. The fourth-order valence-electron chi connectivity index (χ4n) is 2.63. The van der Waals surface area contributed by atoms with Gasteiger partial charge in [-0.25, -0.2) is 10.3 Å².